The molecule has 1 aromatic heterocycles. The number of nitrogens with zero attached hydrogens (tertiary/aromatic N) is 3. The molecule has 0 amide bonds. The van der Waals surface area contributed by atoms with E-state index < -0.39 is 9.84 Å². The number of methoxy groups -OCH3 is 1. The Morgan fingerprint density at radius 2 is 2.00 bits per heavy atom. The number of hydrogen-bond acceptors (Lipinski definition) is 7. The molecule has 0 bridgehead atoms. The number of ether oxygens (including phenoxy) is 1. The van der Waals surface area contributed by atoms with Gasteiger partial charge in [-0.1, -0.05) is 41.2 Å². The van der Waals surface area contributed by atoms with Gasteiger partial charge in [-0.2, -0.15) is 0 Å². The van der Waals surface area contributed by atoms with E-state index in [0.717, 1.165) is 36.5 Å². The smallest absolute Gasteiger partial charge is 0.219 e. The summed E-state index contributed by atoms with van der Waals surface area (Å²) < 4.78 is 35.2. The van der Waals surface area contributed by atoms with E-state index in [1.54, 1.807) is 25.3 Å². The molecule has 152 valence electrons. The van der Waals surface area contributed by atoms with Gasteiger partial charge in [0.05, 0.1) is 18.2 Å². The Kier molecular flexibility index (Phi) is 5.94. The fourth-order valence-electron chi connectivity index (χ4n) is 3.89. The largest absolute Gasteiger partial charge is 0.496 e. The number of benzene rings is 2. The first kappa shape index (κ1) is 20.0. The summed E-state index contributed by atoms with van der Waals surface area (Å²) in [5, 5.41) is 3.66. The number of aromatic nitrogens is 2. The maximum absolute atomic E-state index is 12.9. The van der Waals surface area contributed by atoms with E-state index in [0.29, 0.717) is 18.3 Å². The van der Waals surface area contributed by atoms with Crippen molar-refractivity contribution in [1.29, 1.82) is 0 Å². The molecule has 0 spiro atoms. The van der Waals surface area contributed by atoms with Gasteiger partial charge in [0.25, 0.3) is 0 Å². The minimum absolute atomic E-state index is 0.147. The van der Waals surface area contributed by atoms with E-state index in [9.17, 15) is 8.42 Å². The van der Waals surface area contributed by atoms with Crippen molar-refractivity contribution in [3.05, 3.63) is 65.9 Å². The van der Waals surface area contributed by atoms with Gasteiger partial charge in [0, 0.05) is 29.7 Å². The molecule has 2 aromatic carbocycles. The Balaban J connectivity index is 1.67. The number of hydrogen-bond donors (Lipinski definition) is 0. The summed E-state index contributed by atoms with van der Waals surface area (Å²) in [6, 6.07) is 15.9. The van der Waals surface area contributed by atoms with Crippen molar-refractivity contribution in [1.82, 2.24) is 14.5 Å². The van der Waals surface area contributed by atoms with Crippen molar-refractivity contribution in [2.45, 2.75) is 41.0 Å². The van der Waals surface area contributed by atoms with Crippen LogP contribution in [0.3, 0.4) is 0 Å². The summed E-state index contributed by atoms with van der Waals surface area (Å²) in [7, 11) is -2.01. The Morgan fingerprint density at radius 1 is 1.17 bits per heavy atom. The Labute approximate surface area is 175 Å². The normalized spacial score (nSPS) is 17.9. The molecule has 0 radical (unpaired) electrons. The first-order valence-electron chi connectivity index (χ1n) is 9.58. The fourth-order valence-corrected chi connectivity index (χ4v) is 5.90. The van der Waals surface area contributed by atoms with Gasteiger partial charge in [-0.25, -0.2) is 8.42 Å². The summed E-state index contributed by atoms with van der Waals surface area (Å²) >= 11 is 0.883. The molecular formula is C21H23N3O3S2. The van der Waals surface area contributed by atoms with Crippen LogP contribution in [0.2, 0.25) is 0 Å². The molecule has 4 rings (SSSR count). The standard InChI is InChI=1S/C21H23N3O3S2/c1-27-20-11-10-18(29(25,26)21-14-22-23-28-21)13-17(20)15-24-12-6-5-9-19(24)16-7-3-2-4-8-16/h2-4,7-8,10-11,13-14,19H,5-6,9,12,15H2,1H3/t19-/m0/s1. The minimum atomic E-state index is -3.63. The SMILES string of the molecule is COc1ccc(S(=O)(=O)c2cnns2)cc1CN1CCCC[C@H]1c1ccccc1. The van der Waals surface area contributed by atoms with Crippen LogP contribution in [0.4, 0.5) is 0 Å². The average Bonchev–Trinajstić information content (AvgIpc) is 3.31. The van der Waals surface area contributed by atoms with Gasteiger partial charge in [0.2, 0.25) is 9.84 Å². The monoisotopic (exact) mass is 429 g/mol. The van der Waals surface area contributed by atoms with Crippen LogP contribution in [0.15, 0.2) is 63.8 Å². The molecule has 0 N–H and O–H groups in total. The van der Waals surface area contributed by atoms with Crippen LogP contribution >= 0.6 is 11.5 Å². The van der Waals surface area contributed by atoms with Gasteiger partial charge in [-0.05, 0) is 43.1 Å². The molecule has 6 nitrogen and oxygen atoms in total. The van der Waals surface area contributed by atoms with Crippen molar-refractivity contribution in [3.63, 3.8) is 0 Å². The van der Waals surface area contributed by atoms with Gasteiger partial charge in [-0.3, -0.25) is 4.90 Å². The van der Waals surface area contributed by atoms with E-state index in [1.807, 2.05) is 6.07 Å². The zero-order valence-corrected chi connectivity index (χ0v) is 17.8. The van der Waals surface area contributed by atoms with Crippen LogP contribution < -0.4 is 4.74 Å². The summed E-state index contributed by atoms with van der Waals surface area (Å²) in [5.74, 6) is 0.698. The zero-order chi connectivity index (χ0) is 20.3. The molecule has 0 saturated carbocycles. The number of piperidine rings is 1. The van der Waals surface area contributed by atoms with E-state index in [2.05, 4.69) is 38.8 Å². The lowest BCUT2D eigenvalue weighted by Gasteiger charge is -2.36. The quantitative estimate of drug-likeness (QED) is 0.587. The Hall–Kier alpha value is -2.29. The van der Waals surface area contributed by atoms with Crippen LogP contribution in [-0.4, -0.2) is 36.6 Å². The fraction of sp³-hybridized carbons (Fsp3) is 0.333. The van der Waals surface area contributed by atoms with E-state index >= 15 is 0 Å². The first-order chi connectivity index (χ1) is 14.1. The highest BCUT2D eigenvalue weighted by Gasteiger charge is 2.26. The van der Waals surface area contributed by atoms with Crippen LogP contribution in [0.25, 0.3) is 0 Å². The lowest BCUT2D eigenvalue weighted by atomic mass is 9.94. The Bertz CT molecular complexity index is 1050. The molecular weight excluding hydrogens is 406 g/mol. The van der Waals surface area contributed by atoms with Crippen molar-refractivity contribution < 1.29 is 13.2 Å². The molecule has 1 aliphatic heterocycles. The molecule has 0 aliphatic carbocycles. The highest BCUT2D eigenvalue weighted by Crippen LogP contribution is 2.35. The summed E-state index contributed by atoms with van der Waals surface area (Å²) in [4.78, 5) is 2.66. The van der Waals surface area contributed by atoms with Crippen LogP contribution in [-0.2, 0) is 16.4 Å². The molecule has 1 atom stereocenters. The number of likely N-dealkylation sites (tertiary alicyclic amines) is 1. The van der Waals surface area contributed by atoms with Crippen LogP contribution in [0.5, 0.6) is 5.75 Å². The van der Waals surface area contributed by atoms with E-state index in [4.69, 9.17) is 4.74 Å². The topological polar surface area (TPSA) is 72.4 Å². The predicted molar refractivity (Wildman–Crippen MR) is 112 cm³/mol. The lowest BCUT2D eigenvalue weighted by Crippen LogP contribution is -2.33. The summed E-state index contributed by atoms with van der Waals surface area (Å²) in [6.45, 7) is 1.60. The van der Waals surface area contributed by atoms with E-state index in [-0.39, 0.29) is 9.10 Å². The van der Waals surface area contributed by atoms with Crippen LogP contribution in [0.1, 0.15) is 36.4 Å². The third-order valence-electron chi connectivity index (χ3n) is 5.34. The highest BCUT2D eigenvalue weighted by atomic mass is 32.2. The zero-order valence-electron chi connectivity index (χ0n) is 16.2. The second-order valence-corrected chi connectivity index (χ2v) is 10.1. The molecule has 0 unspecified atom stereocenters. The summed E-state index contributed by atoms with van der Waals surface area (Å²) in [6.07, 6.45) is 4.72. The van der Waals surface area contributed by atoms with Crippen molar-refractivity contribution in [3.8, 4) is 5.75 Å². The molecule has 1 fully saturated rings. The molecule has 3 aromatic rings. The third kappa shape index (κ3) is 4.19. The number of rotatable bonds is 6. The molecule has 2 heterocycles. The average molecular weight is 430 g/mol. The molecule has 1 aliphatic rings. The van der Waals surface area contributed by atoms with Crippen molar-refractivity contribution in [2.75, 3.05) is 13.7 Å². The highest BCUT2D eigenvalue weighted by molar-refractivity contribution is 7.93. The predicted octanol–water partition coefficient (Wildman–Crippen LogP) is 4.11. The van der Waals surface area contributed by atoms with Crippen molar-refractivity contribution in [2.24, 2.45) is 0 Å². The van der Waals surface area contributed by atoms with E-state index in [1.165, 1.54) is 18.2 Å². The second-order valence-electron chi connectivity index (χ2n) is 7.11. The third-order valence-corrected chi connectivity index (χ3v) is 8.19. The minimum Gasteiger partial charge on any atom is -0.496 e. The van der Waals surface area contributed by atoms with Gasteiger partial charge in [-0.15, -0.1) is 5.10 Å². The first-order valence-corrected chi connectivity index (χ1v) is 11.8. The van der Waals surface area contributed by atoms with Gasteiger partial charge in [0.15, 0.2) is 4.21 Å². The summed E-state index contributed by atoms with van der Waals surface area (Å²) in [5.41, 5.74) is 2.17. The lowest BCUT2D eigenvalue weighted by molar-refractivity contribution is 0.139. The van der Waals surface area contributed by atoms with Gasteiger partial charge < -0.3 is 4.74 Å². The maximum atomic E-state index is 12.9. The molecule has 1 saturated heterocycles. The number of sulfone groups is 1. The molecule has 8 heteroatoms. The Morgan fingerprint density at radius 3 is 2.72 bits per heavy atom. The van der Waals surface area contributed by atoms with Gasteiger partial charge in [0.1, 0.15) is 5.75 Å². The molecule has 29 heavy (non-hydrogen) atoms. The second kappa shape index (κ2) is 8.61. The van der Waals surface area contributed by atoms with Gasteiger partial charge >= 0.3 is 0 Å². The maximum Gasteiger partial charge on any atom is 0.219 e. The van der Waals surface area contributed by atoms with Crippen molar-refractivity contribution >= 4 is 21.4 Å². The van der Waals surface area contributed by atoms with Crippen LogP contribution in [0, 0.1) is 0 Å².